The van der Waals surface area contributed by atoms with E-state index in [1.165, 1.54) is 17.7 Å². The molecular formula is C21H16ClN3O3S. The number of nitrogens with zero attached hydrogens (tertiary/aromatic N) is 2. The topological polar surface area (TPSA) is 73.2 Å². The van der Waals surface area contributed by atoms with Crippen molar-refractivity contribution in [3.63, 3.8) is 0 Å². The minimum Gasteiger partial charge on any atom is -0.482 e. The van der Waals surface area contributed by atoms with Crippen LogP contribution in [0.3, 0.4) is 0 Å². The molecule has 146 valence electrons. The van der Waals surface area contributed by atoms with Gasteiger partial charge in [0, 0.05) is 10.4 Å². The lowest BCUT2D eigenvalue weighted by Gasteiger charge is -2.10. The van der Waals surface area contributed by atoms with Crippen LogP contribution in [-0.2, 0) is 4.79 Å². The molecule has 1 N–H and O–H groups in total. The number of aryl methyl sites for hydroxylation is 1. The standard InChI is InChI=1S/C21H16ClN3O3S/c1-13-18(14-7-3-2-4-8-14)19-20(29-13)23-12-25(21(19)27)24-17(26)11-28-16-10-6-5-9-15(16)22/h2-10,12H,11H2,1H3,(H,24,26). The van der Waals surface area contributed by atoms with E-state index in [2.05, 4.69) is 10.4 Å². The first-order valence-corrected chi connectivity index (χ1v) is 9.97. The van der Waals surface area contributed by atoms with Crippen LogP contribution in [0.5, 0.6) is 5.75 Å². The van der Waals surface area contributed by atoms with Crippen LogP contribution >= 0.6 is 22.9 Å². The third-order valence-corrected chi connectivity index (χ3v) is 5.62. The van der Waals surface area contributed by atoms with Crippen LogP contribution in [0.15, 0.2) is 65.7 Å². The number of hydrogen-bond donors (Lipinski definition) is 1. The van der Waals surface area contributed by atoms with Crippen molar-refractivity contribution in [3.05, 3.63) is 81.2 Å². The van der Waals surface area contributed by atoms with Crippen LogP contribution < -0.4 is 15.7 Å². The van der Waals surface area contributed by atoms with E-state index in [1.54, 1.807) is 24.3 Å². The van der Waals surface area contributed by atoms with Crippen LogP contribution in [0.25, 0.3) is 21.3 Å². The number of rotatable bonds is 5. The number of para-hydroxylation sites is 1. The highest BCUT2D eigenvalue weighted by Crippen LogP contribution is 2.35. The first-order valence-electron chi connectivity index (χ1n) is 8.78. The predicted molar refractivity (Wildman–Crippen MR) is 115 cm³/mol. The van der Waals surface area contributed by atoms with Crippen LogP contribution in [0.2, 0.25) is 5.02 Å². The fraction of sp³-hybridized carbons (Fsp3) is 0.0952. The van der Waals surface area contributed by atoms with Crippen molar-refractivity contribution in [2.45, 2.75) is 6.92 Å². The Bertz CT molecular complexity index is 1250. The summed E-state index contributed by atoms with van der Waals surface area (Å²) in [7, 11) is 0. The molecule has 0 atom stereocenters. The van der Waals surface area contributed by atoms with E-state index in [4.69, 9.17) is 16.3 Å². The maximum absolute atomic E-state index is 13.1. The first kappa shape index (κ1) is 19.2. The number of carbonyl (C=O) groups is 1. The van der Waals surface area contributed by atoms with Gasteiger partial charge in [-0.2, -0.15) is 0 Å². The van der Waals surface area contributed by atoms with E-state index in [0.717, 1.165) is 20.7 Å². The number of nitrogens with one attached hydrogen (secondary N) is 1. The van der Waals surface area contributed by atoms with Gasteiger partial charge in [-0.15, -0.1) is 11.3 Å². The molecule has 0 fully saturated rings. The third kappa shape index (κ3) is 3.87. The summed E-state index contributed by atoms with van der Waals surface area (Å²) in [5.74, 6) is -0.105. The van der Waals surface area contributed by atoms with Gasteiger partial charge in [-0.25, -0.2) is 9.66 Å². The number of ether oxygens (including phenoxy) is 1. The van der Waals surface area contributed by atoms with Gasteiger partial charge in [0.15, 0.2) is 6.61 Å². The Balaban J connectivity index is 1.62. The number of hydrogen-bond acceptors (Lipinski definition) is 5. The minimum absolute atomic E-state index is 0.289. The lowest BCUT2D eigenvalue weighted by molar-refractivity contribution is -0.119. The van der Waals surface area contributed by atoms with Crippen LogP contribution in [0.4, 0.5) is 0 Å². The van der Waals surface area contributed by atoms with Gasteiger partial charge in [-0.1, -0.05) is 54.1 Å². The summed E-state index contributed by atoms with van der Waals surface area (Å²) < 4.78 is 6.50. The molecule has 0 radical (unpaired) electrons. The average molecular weight is 426 g/mol. The van der Waals surface area contributed by atoms with E-state index < -0.39 is 5.91 Å². The normalized spacial score (nSPS) is 10.8. The van der Waals surface area contributed by atoms with Gasteiger partial charge in [-0.05, 0) is 24.6 Å². The summed E-state index contributed by atoms with van der Waals surface area (Å²) in [6.45, 7) is 1.66. The van der Waals surface area contributed by atoms with E-state index >= 15 is 0 Å². The van der Waals surface area contributed by atoms with Crippen LogP contribution in [0.1, 0.15) is 4.88 Å². The van der Waals surface area contributed by atoms with E-state index in [-0.39, 0.29) is 12.2 Å². The molecule has 1 amide bonds. The molecule has 6 nitrogen and oxygen atoms in total. The minimum atomic E-state index is -0.499. The first-order chi connectivity index (χ1) is 14.0. The Hall–Kier alpha value is -3.16. The molecule has 0 aliphatic heterocycles. The summed E-state index contributed by atoms with van der Waals surface area (Å²) in [6, 6.07) is 16.5. The third-order valence-electron chi connectivity index (χ3n) is 4.29. The molecular weight excluding hydrogens is 410 g/mol. The van der Waals surface area contributed by atoms with Crippen molar-refractivity contribution in [1.82, 2.24) is 9.66 Å². The largest absolute Gasteiger partial charge is 0.482 e. The zero-order chi connectivity index (χ0) is 20.4. The highest BCUT2D eigenvalue weighted by atomic mass is 35.5. The Morgan fingerprint density at radius 1 is 1.17 bits per heavy atom. The molecule has 29 heavy (non-hydrogen) atoms. The molecule has 0 unspecified atom stereocenters. The monoisotopic (exact) mass is 425 g/mol. The number of aromatic nitrogens is 2. The Labute approximate surface area is 175 Å². The number of halogens is 1. The quantitative estimate of drug-likeness (QED) is 0.519. The van der Waals surface area contributed by atoms with Crippen molar-refractivity contribution < 1.29 is 9.53 Å². The number of thiophene rings is 1. The Kier molecular flexibility index (Phi) is 5.33. The molecule has 4 aromatic rings. The van der Waals surface area contributed by atoms with Crippen molar-refractivity contribution >= 4 is 39.1 Å². The van der Waals surface area contributed by atoms with Crippen LogP contribution in [-0.4, -0.2) is 22.2 Å². The van der Waals surface area contributed by atoms with Gasteiger partial charge >= 0.3 is 0 Å². The molecule has 0 spiro atoms. The predicted octanol–water partition coefficient (Wildman–Crippen LogP) is 4.24. The highest BCUT2D eigenvalue weighted by molar-refractivity contribution is 7.19. The molecule has 0 aliphatic rings. The summed E-state index contributed by atoms with van der Waals surface area (Å²) in [4.78, 5) is 31.3. The summed E-state index contributed by atoms with van der Waals surface area (Å²) in [5, 5.41) is 0.885. The van der Waals surface area contributed by atoms with E-state index in [1.807, 2.05) is 37.3 Å². The molecule has 4 rings (SSSR count). The number of carbonyl (C=O) groups excluding carboxylic acids is 1. The summed E-state index contributed by atoms with van der Waals surface area (Å²) in [6.07, 6.45) is 1.31. The second-order valence-corrected chi connectivity index (χ2v) is 7.86. The molecule has 2 aromatic carbocycles. The highest BCUT2D eigenvalue weighted by Gasteiger charge is 2.17. The van der Waals surface area contributed by atoms with Gasteiger partial charge in [0.2, 0.25) is 0 Å². The molecule has 0 bridgehead atoms. The second kappa shape index (κ2) is 8.06. The Morgan fingerprint density at radius 2 is 1.90 bits per heavy atom. The molecule has 0 saturated heterocycles. The SMILES string of the molecule is Cc1sc2ncn(NC(=O)COc3ccccc3Cl)c(=O)c2c1-c1ccccc1. The van der Waals surface area contributed by atoms with E-state index in [9.17, 15) is 9.59 Å². The lowest BCUT2D eigenvalue weighted by Crippen LogP contribution is -2.35. The van der Waals surface area contributed by atoms with Crippen LogP contribution in [0, 0.1) is 6.92 Å². The molecule has 2 aromatic heterocycles. The average Bonchev–Trinajstić information content (AvgIpc) is 3.07. The van der Waals surface area contributed by atoms with E-state index in [0.29, 0.717) is 21.0 Å². The zero-order valence-corrected chi connectivity index (χ0v) is 17.0. The fourth-order valence-corrected chi connectivity index (χ4v) is 4.20. The van der Waals surface area contributed by atoms with Crippen molar-refractivity contribution in [1.29, 1.82) is 0 Å². The van der Waals surface area contributed by atoms with Gasteiger partial charge in [0.25, 0.3) is 11.5 Å². The number of amides is 1. The molecule has 0 saturated carbocycles. The lowest BCUT2D eigenvalue weighted by atomic mass is 10.0. The summed E-state index contributed by atoms with van der Waals surface area (Å²) >= 11 is 7.46. The summed E-state index contributed by atoms with van der Waals surface area (Å²) in [5.41, 5.74) is 3.94. The maximum Gasteiger partial charge on any atom is 0.281 e. The second-order valence-electron chi connectivity index (χ2n) is 6.25. The van der Waals surface area contributed by atoms with Crippen molar-refractivity contribution in [2.75, 3.05) is 12.0 Å². The number of fused-ring (bicyclic) bond motifs is 1. The zero-order valence-electron chi connectivity index (χ0n) is 15.4. The van der Waals surface area contributed by atoms with Gasteiger partial charge in [0.05, 0.1) is 10.4 Å². The molecule has 2 heterocycles. The van der Waals surface area contributed by atoms with Gasteiger partial charge in [-0.3, -0.25) is 15.0 Å². The fourth-order valence-electron chi connectivity index (χ4n) is 3.01. The number of benzene rings is 2. The molecule has 0 aliphatic carbocycles. The van der Waals surface area contributed by atoms with Crippen molar-refractivity contribution in [3.8, 4) is 16.9 Å². The van der Waals surface area contributed by atoms with Gasteiger partial charge < -0.3 is 4.74 Å². The Morgan fingerprint density at radius 3 is 2.66 bits per heavy atom. The smallest absolute Gasteiger partial charge is 0.281 e. The molecule has 8 heteroatoms. The maximum atomic E-state index is 13.1. The van der Waals surface area contributed by atoms with Gasteiger partial charge in [0.1, 0.15) is 16.9 Å². The van der Waals surface area contributed by atoms with Crippen molar-refractivity contribution in [2.24, 2.45) is 0 Å².